The van der Waals surface area contributed by atoms with Crippen molar-refractivity contribution in [1.82, 2.24) is 15.5 Å². The Balaban J connectivity index is 1.43. The second-order valence-electron chi connectivity index (χ2n) is 9.64. The zero-order valence-electron chi connectivity index (χ0n) is 19.7. The lowest BCUT2D eigenvalue weighted by molar-refractivity contribution is -0.116. The number of ether oxygens (including phenoxy) is 1. The number of nitrogens with one attached hydrogen (secondary N) is 3. The fraction of sp³-hybridized carbons (Fsp3) is 0.625. The topological polar surface area (TPSA) is 95.1 Å². The monoisotopic (exact) mass is 443 g/mol. The molecular weight excluding hydrogens is 406 g/mol. The molecule has 1 fully saturated rings. The van der Waals surface area contributed by atoms with Crippen LogP contribution in [0.2, 0.25) is 0 Å². The first-order valence-electron chi connectivity index (χ1n) is 11.6. The number of hydrogen-bond donors (Lipinski definition) is 3. The largest absolute Gasteiger partial charge is 0.444 e. The third-order valence-electron chi connectivity index (χ3n) is 5.86. The van der Waals surface area contributed by atoms with Gasteiger partial charge in [0.15, 0.2) is 5.96 Å². The number of hydrogen-bond acceptors (Lipinski definition) is 4. The molecule has 2 atom stereocenters. The third kappa shape index (κ3) is 6.87. The van der Waals surface area contributed by atoms with Crippen LogP contribution in [0.25, 0.3) is 0 Å². The summed E-state index contributed by atoms with van der Waals surface area (Å²) in [6.45, 7) is 8.59. The zero-order valence-corrected chi connectivity index (χ0v) is 19.7. The second-order valence-corrected chi connectivity index (χ2v) is 9.64. The van der Waals surface area contributed by atoms with E-state index in [0.717, 1.165) is 56.1 Å². The van der Waals surface area contributed by atoms with Gasteiger partial charge >= 0.3 is 6.09 Å². The number of carbonyl (C=O) groups is 2. The number of carbonyl (C=O) groups excluding carboxylic acids is 2. The Morgan fingerprint density at radius 3 is 2.81 bits per heavy atom. The Bertz CT molecular complexity index is 833. The normalized spacial score (nSPS) is 21.4. The fourth-order valence-corrected chi connectivity index (χ4v) is 4.31. The van der Waals surface area contributed by atoms with Gasteiger partial charge in [-0.25, -0.2) is 4.79 Å². The number of para-hydroxylation sites is 1. The molecule has 2 aliphatic heterocycles. The average Bonchev–Trinajstić information content (AvgIpc) is 2.74. The van der Waals surface area contributed by atoms with Crippen LogP contribution < -0.4 is 16.0 Å². The van der Waals surface area contributed by atoms with Gasteiger partial charge in [-0.1, -0.05) is 18.2 Å². The molecule has 2 unspecified atom stereocenters. The van der Waals surface area contributed by atoms with E-state index in [1.165, 1.54) is 0 Å². The third-order valence-corrected chi connectivity index (χ3v) is 5.86. The number of guanidine groups is 1. The number of benzene rings is 1. The molecule has 1 aromatic rings. The highest BCUT2D eigenvalue weighted by atomic mass is 16.6. The van der Waals surface area contributed by atoms with Gasteiger partial charge < -0.3 is 25.6 Å². The lowest BCUT2D eigenvalue weighted by atomic mass is 9.90. The number of nitrogens with zero attached hydrogens (tertiary/aromatic N) is 2. The molecule has 1 saturated heterocycles. The molecule has 0 aromatic heterocycles. The van der Waals surface area contributed by atoms with E-state index in [1.54, 1.807) is 7.05 Å². The van der Waals surface area contributed by atoms with E-state index in [0.29, 0.717) is 18.9 Å². The molecule has 2 amide bonds. The Labute approximate surface area is 191 Å². The number of amides is 2. The van der Waals surface area contributed by atoms with Crippen molar-refractivity contribution in [2.75, 3.05) is 38.5 Å². The molecule has 3 N–H and O–H groups in total. The lowest BCUT2D eigenvalue weighted by Crippen LogP contribution is -2.44. The van der Waals surface area contributed by atoms with E-state index in [1.807, 2.05) is 43.9 Å². The van der Waals surface area contributed by atoms with E-state index < -0.39 is 5.60 Å². The Morgan fingerprint density at radius 2 is 2.06 bits per heavy atom. The Kier molecular flexibility index (Phi) is 7.99. The molecule has 0 saturated carbocycles. The zero-order chi connectivity index (χ0) is 23.1. The minimum absolute atomic E-state index is 0.0466. The predicted octanol–water partition coefficient (Wildman–Crippen LogP) is 3.31. The molecule has 2 aliphatic rings. The van der Waals surface area contributed by atoms with Crippen molar-refractivity contribution in [3.8, 4) is 0 Å². The van der Waals surface area contributed by atoms with Crippen molar-refractivity contribution in [1.29, 1.82) is 0 Å². The number of likely N-dealkylation sites (tertiary alicyclic amines) is 1. The van der Waals surface area contributed by atoms with Crippen molar-refractivity contribution in [3.63, 3.8) is 0 Å². The standard InChI is InChI=1S/C24H37N5O3/c1-24(2,3)32-23(31)29-13-7-8-17(16-29)11-12-26-22(25-4)27-15-18-14-21(30)28-20-10-6-5-9-19(18)20/h5-6,9-10,17-18H,7-8,11-16H2,1-4H3,(H,28,30)(H2,25,26,27). The number of piperidine rings is 1. The summed E-state index contributed by atoms with van der Waals surface area (Å²) in [4.78, 5) is 30.5. The van der Waals surface area contributed by atoms with Gasteiger partial charge in [0.25, 0.3) is 0 Å². The summed E-state index contributed by atoms with van der Waals surface area (Å²) < 4.78 is 5.52. The highest BCUT2D eigenvalue weighted by molar-refractivity contribution is 5.94. The van der Waals surface area contributed by atoms with Gasteiger partial charge in [-0.05, 0) is 57.6 Å². The number of aliphatic imine (C=N–C) groups is 1. The van der Waals surface area contributed by atoms with Gasteiger partial charge in [-0.3, -0.25) is 9.79 Å². The minimum atomic E-state index is -0.469. The number of fused-ring (bicyclic) bond motifs is 1. The summed E-state index contributed by atoms with van der Waals surface area (Å²) in [7, 11) is 1.75. The van der Waals surface area contributed by atoms with Crippen molar-refractivity contribution < 1.29 is 14.3 Å². The maximum atomic E-state index is 12.4. The van der Waals surface area contributed by atoms with Crippen LogP contribution in [0.3, 0.4) is 0 Å². The van der Waals surface area contributed by atoms with Gasteiger partial charge in [-0.15, -0.1) is 0 Å². The van der Waals surface area contributed by atoms with Crippen LogP contribution in [0, 0.1) is 5.92 Å². The van der Waals surface area contributed by atoms with E-state index in [-0.39, 0.29) is 17.9 Å². The fourth-order valence-electron chi connectivity index (χ4n) is 4.31. The summed E-state index contributed by atoms with van der Waals surface area (Å²) in [5.74, 6) is 1.33. The predicted molar refractivity (Wildman–Crippen MR) is 127 cm³/mol. The summed E-state index contributed by atoms with van der Waals surface area (Å²) >= 11 is 0. The van der Waals surface area contributed by atoms with Crippen molar-refractivity contribution >= 4 is 23.6 Å². The first-order valence-corrected chi connectivity index (χ1v) is 11.6. The molecular formula is C24H37N5O3. The smallest absolute Gasteiger partial charge is 0.410 e. The molecule has 8 nitrogen and oxygen atoms in total. The maximum absolute atomic E-state index is 12.4. The minimum Gasteiger partial charge on any atom is -0.444 e. The van der Waals surface area contributed by atoms with Gasteiger partial charge in [0, 0.05) is 51.3 Å². The van der Waals surface area contributed by atoms with Crippen LogP contribution in [-0.2, 0) is 9.53 Å². The number of rotatable bonds is 5. The van der Waals surface area contributed by atoms with Gasteiger partial charge in [0.2, 0.25) is 5.91 Å². The summed E-state index contributed by atoms with van der Waals surface area (Å²) in [5.41, 5.74) is 1.58. The van der Waals surface area contributed by atoms with Crippen molar-refractivity contribution in [2.24, 2.45) is 10.9 Å². The summed E-state index contributed by atoms with van der Waals surface area (Å²) in [5, 5.41) is 9.68. The Morgan fingerprint density at radius 1 is 1.28 bits per heavy atom. The molecule has 2 heterocycles. The molecule has 8 heteroatoms. The Hall–Kier alpha value is -2.77. The maximum Gasteiger partial charge on any atom is 0.410 e. The van der Waals surface area contributed by atoms with Crippen LogP contribution in [0.15, 0.2) is 29.3 Å². The first kappa shape index (κ1) is 23.9. The molecule has 0 spiro atoms. The lowest BCUT2D eigenvalue weighted by Gasteiger charge is -2.34. The van der Waals surface area contributed by atoms with Crippen LogP contribution in [0.4, 0.5) is 10.5 Å². The van der Waals surface area contributed by atoms with Crippen LogP contribution in [-0.4, -0.2) is 61.7 Å². The van der Waals surface area contributed by atoms with Crippen LogP contribution in [0.5, 0.6) is 0 Å². The van der Waals surface area contributed by atoms with Crippen LogP contribution in [0.1, 0.15) is 57.9 Å². The van der Waals surface area contributed by atoms with Crippen molar-refractivity contribution in [3.05, 3.63) is 29.8 Å². The van der Waals surface area contributed by atoms with E-state index >= 15 is 0 Å². The molecule has 32 heavy (non-hydrogen) atoms. The van der Waals surface area contributed by atoms with Gasteiger partial charge in [-0.2, -0.15) is 0 Å². The van der Waals surface area contributed by atoms with E-state index in [9.17, 15) is 9.59 Å². The first-order chi connectivity index (χ1) is 15.2. The molecule has 0 radical (unpaired) electrons. The molecule has 1 aromatic carbocycles. The summed E-state index contributed by atoms with van der Waals surface area (Å²) in [6.07, 6.45) is 3.31. The molecule has 176 valence electrons. The summed E-state index contributed by atoms with van der Waals surface area (Å²) in [6, 6.07) is 7.94. The average molecular weight is 444 g/mol. The molecule has 0 bridgehead atoms. The van der Waals surface area contributed by atoms with Crippen molar-refractivity contribution in [2.45, 2.75) is 58.0 Å². The highest BCUT2D eigenvalue weighted by Gasteiger charge is 2.28. The highest BCUT2D eigenvalue weighted by Crippen LogP contribution is 2.31. The molecule has 0 aliphatic carbocycles. The quantitative estimate of drug-likeness (QED) is 0.479. The molecule has 3 rings (SSSR count). The van der Waals surface area contributed by atoms with E-state index in [2.05, 4.69) is 27.0 Å². The van der Waals surface area contributed by atoms with Crippen LogP contribution >= 0.6 is 0 Å². The number of anilines is 1. The van der Waals surface area contributed by atoms with E-state index in [4.69, 9.17) is 4.74 Å². The SMILES string of the molecule is CN=C(NCCC1CCCN(C(=O)OC(C)(C)C)C1)NCC1CC(=O)Nc2ccccc21. The van der Waals surface area contributed by atoms with Gasteiger partial charge in [0.1, 0.15) is 5.60 Å². The second kappa shape index (κ2) is 10.7. The van der Waals surface area contributed by atoms with Gasteiger partial charge in [0.05, 0.1) is 0 Å².